The monoisotopic (exact) mass is 289 g/mol. The first-order valence-electron chi connectivity index (χ1n) is 6.03. The Morgan fingerprint density at radius 3 is 2.70 bits per heavy atom. The van der Waals surface area contributed by atoms with Crippen molar-refractivity contribution < 1.29 is 14.6 Å². The van der Waals surface area contributed by atoms with E-state index in [0.717, 1.165) is 10.6 Å². The number of ether oxygens (including phenoxy) is 1. The number of methoxy groups -OCH3 is 1. The molecule has 2 rings (SSSR count). The second-order valence-electron chi connectivity index (χ2n) is 4.06. The smallest absolute Gasteiger partial charge is 0.234 e. The lowest BCUT2D eigenvalue weighted by molar-refractivity contribution is -0.113. The van der Waals surface area contributed by atoms with Crippen LogP contribution in [0.4, 0.5) is 5.69 Å². The Kier molecular flexibility index (Phi) is 4.90. The summed E-state index contributed by atoms with van der Waals surface area (Å²) in [5.74, 6) is 1.17. The van der Waals surface area contributed by atoms with Crippen LogP contribution in [0.5, 0.6) is 11.5 Å². The number of rotatable bonds is 5. The molecule has 0 unspecified atom stereocenters. The summed E-state index contributed by atoms with van der Waals surface area (Å²) in [6.07, 6.45) is 0. The van der Waals surface area contributed by atoms with Gasteiger partial charge in [0, 0.05) is 10.6 Å². The van der Waals surface area contributed by atoms with Gasteiger partial charge in [-0.25, -0.2) is 0 Å². The number of aromatic hydroxyl groups is 1. The third-order valence-electron chi connectivity index (χ3n) is 2.56. The fourth-order valence-electron chi connectivity index (χ4n) is 1.58. The summed E-state index contributed by atoms with van der Waals surface area (Å²) in [5.41, 5.74) is 0.666. The summed E-state index contributed by atoms with van der Waals surface area (Å²) in [5, 5.41) is 11.9. The van der Waals surface area contributed by atoms with Crippen LogP contribution < -0.4 is 10.1 Å². The predicted octanol–water partition coefficient (Wildman–Crippen LogP) is 3.13. The highest BCUT2D eigenvalue weighted by Gasteiger charge is 2.04. The van der Waals surface area contributed by atoms with Crippen molar-refractivity contribution in [2.24, 2.45) is 0 Å². The van der Waals surface area contributed by atoms with Gasteiger partial charge in [0.05, 0.1) is 12.9 Å². The van der Waals surface area contributed by atoms with Gasteiger partial charge in [0.1, 0.15) is 11.5 Å². The van der Waals surface area contributed by atoms with Gasteiger partial charge in [0.25, 0.3) is 0 Å². The molecule has 0 saturated heterocycles. The molecule has 0 fully saturated rings. The first-order chi connectivity index (χ1) is 9.67. The molecule has 5 heteroatoms. The number of thioether (sulfide) groups is 1. The van der Waals surface area contributed by atoms with Gasteiger partial charge < -0.3 is 15.2 Å². The Labute approximate surface area is 121 Å². The van der Waals surface area contributed by atoms with Gasteiger partial charge in [-0.05, 0) is 42.5 Å². The summed E-state index contributed by atoms with van der Waals surface area (Å²) in [4.78, 5) is 12.8. The lowest BCUT2D eigenvalue weighted by atomic mass is 10.3. The molecule has 0 saturated carbocycles. The van der Waals surface area contributed by atoms with Crippen LogP contribution in [0.1, 0.15) is 0 Å². The highest BCUT2D eigenvalue weighted by atomic mass is 32.2. The fourth-order valence-corrected chi connectivity index (χ4v) is 2.33. The molecule has 0 radical (unpaired) electrons. The maximum Gasteiger partial charge on any atom is 0.234 e. The van der Waals surface area contributed by atoms with E-state index in [1.165, 1.54) is 23.9 Å². The molecule has 0 aliphatic rings. The van der Waals surface area contributed by atoms with Gasteiger partial charge in [-0.2, -0.15) is 0 Å². The van der Waals surface area contributed by atoms with Crippen molar-refractivity contribution in [2.45, 2.75) is 4.90 Å². The molecule has 2 aromatic carbocycles. The maximum atomic E-state index is 11.8. The average molecular weight is 289 g/mol. The van der Waals surface area contributed by atoms with Crippen LogP contribution in [-0.2, 0) is 4.79 Å². The van der Waals surface area contributed by atoms with Crippen LogP contribution in [0.25, 0.3) is 0 Å². The molecule has 20 heavy (non-hydrogen) atoms. The predicted molar refractivity (Wildman–Crippen MR) is 80.5 cm³/mol. The molecule has 0 bridgehead atoms. The van der Waals surface area contributed by atoms with Crippen LogP contribution >= 0.6 is 11.8 Å². The summed E-state index contributed by atoms with van der Waals surface area (Å²) in [6, 6.07) is 13.9. The van der Waals surface area contributed by atoms with Gasteiger partial charge >= 0.3 is 0 Å². The molecule has 0 aliphatic carbocycles. The lowest BCUT2D eigenvalue weighted by Gasteiger charge is -2.06. The summed E-state index contributed by atoms with van der Waals surface area (Å²) in [7, 11) is 1.61. The minimum absolute atomic E-state index is 0.0940. The number of nitrogens with one attached hydrogen (secondary N) is 1. The molecule has 0 aliphatic heterocycles. The van der Waals surface area contributed by atoms with Gasteiger partial charge in [-0.3, -0.25) is 4.79 Å². The quantitative estimate of drug-likeness (QED) is 0.656. The molecule has 0 atom stereocenters. The van der Waals surface area contributed by atoms with Crippen molar-refractivity contribution in [3.8, 4) is 11.5 Å². The molecular formula is C15H15NO3S. The summed E-state index contributed by atoms with van der Waals surface area (Å²) in [6.45, 7) is 0. The number of phenolic OH excluding ortho intramolecular Hbond substituents is 1. The Balaban J connectivity index is 1.87. The van der Waals surface area contributed by atoms with E-state index in [-0.39, 0.29) is 11.7 Å². The number of hydrogen-bond acceptors (Lipinski definition) is 4. The molecule has 0 aromatic heterocycles. The van der Waals surface area contributed by atoms with E-state index in [4.69, 9.17) is 9.84 Å². The van der Waals surface area contributed by atoms with Crippen molar-refractivity contribution in [3.05, 3.63) is 48.5 Å². The van der Waals surface area contributed by atoms with E-state index in [1.54, 1.807) is 19.2 Å². The number of anilines is 1. The standard InChI is InChI=1S/C15H15NO3S/c1-19-13-3-2-4-14(9-13)20-10-15(18)16-11-5-7-12(17)8-6-11/h2-9,17H,10H2,1H3,(H,16,18). The zero-order valence-corrected chi connectivity index (χ0v) is 11.8. The molecule has 4 nitrogen and oxygen atoms in total. The van der Waals surface area contributed by atoms with Crippen molar-refractivity contribution in [1.82, 2.24) is 0 Å². The minimum Gasteiger partial charge on any atom is -0.508 e. The largest absolute Gasteiger partial charge is 0.508 e. The van der Waals surface area contributed by atoms with Crippen LogP contribution in [-0.4, -0.2) is 23.9 Å². The van der Waals surface area contributed by atoms with Gasteiger partial charge in [-0.15, -0.1) is 11.8 Å². The second kappa shape index (κ2) is 6.86. The molecule has 2 N–H and O–H groups in total. The zero-order chi connectivity index (χ0) is 14.4. The van der Waals surface area contributed by atoms with Crippen molar-refractivity contribution in [3.63, 3.8) is 0 Å². The van der Waals surface area contributed by atoms with Crippen LogP contribution in [0.15, 0.2) is 53.4 Å². The summed E-state index contributed by atoms with van der Waals surface area (Å²) >= 11 is 1.44. The van der Waals surface area contributed by atoms with Crippen LogP contribution in [0.3, 0.4) is 0 Å². The minimum atomic E-state index is -0.0940. The normalized spacial score (nSPS) is 10.1. The number of phenols is 1. The Bertz CT molecular complexity index is 584. The number of carbonyl (C=O) groups excluding carboxylic acids is 1. The van der Waals surface area contributed by atoms with Crippen LogP contribution in [0.2, 0.25) is 0 Å². The van der Waals surface area contributed by atoms with E-state index in [9.17, 15) is 4.79 Å². The number of carbonyl (C=O) groups is 1. The van der Waals surface area contributed by atoms with Gasteiger partial charge in [-0.1, -0.05) is 6.07 Å². The third-order valence-corrected chi connectivity index (χ3v) is 3.56. The van der Waals surface area contributed by atoms with Crippen molar-refractivity contribution >= 4 is 23.4 Å². The highest BCUT2D eigenvalue weighted by molar-refractivity contribution is 8.00. The van der Waals surface area contributed by atoms with E-state index in [1.807, 2.05) is 24.3 Å². The van der Waals surface area contributed by atoms with Crippen molar-refractivity contribution in [2.75, 3.05) is 18.2 Å². The number of hydrogen-bond donors (Lipinski definition) is 2. The van der Waals surface area contributed by atoms with E-state index in [0.29, 0.717) is 11.4 Å². The second-order valence-corrected chi connectivity index (χ2v) is 5.11. The van der Waals surface area contributed by atoms with Gasteiger partial charge in [0.15, 0.2) is 0 Å². The summed E-state index contributed by atoms with van der Waals surface area (Å²) < 4.78 is 5.13. The Morgan fingerprint density at radius 1 is 1.25 bits per heavy atom. The number of amides is 1. The Hall–Kier alpha value is -2.14. The molecule has 2 aromatic rings. The van der Waals surface area contributed by atoms with E-state index in [2.05, 4.69) is 5.32 Å². The third kappa shape index (κ3) is 4.20. The highest BCUT2D eigenvalue weighted by Crippen LogP contribution is 2.23. The fraction of sp³-hybridized carbons (Fsp3) is 0.133. The lowest BCUT2D eigenvalue weighted by Crippen LogP contribution is -2.13. The molecule has 1 amide bonds. The van der Waals surface area contributed by atoms with Crippen LogP contribution in [0, 0.1) is 0 Å². The van der Waals surface area contributed by atoms with E-state index >= 15 is 0 Å². The SMILES string of the molecule is COc1cccc(SCC(=O)Nc2ccc(O)cc2)c1. The molecule has 104 valence electrons. The number of benzene rings is 2. The zero-order valence-electron chi connectivity index (χ0n) is 11.0. The molecule has 0 heterocycles. The molecule has 0 spiro atoms. The average Bonchev–Trinajstić information content (AvgIpc) is 2.48. The topological polar surface area (TPSA) is 58.6 Å². The Morgan fingerprint density at radius 2 is 2.00 bits per heavy atom. The van der Waals surface area contributed by atoms with E-state index < -0.39 is 0 Å². The first-order valence-corrected chi connectivity index (χ1v) is 7.01. The molecular weight excluding hydrogens is 274 g/mol. The van der Waals surface area contributed by atoms with Crippen molar-refractivity contribution in [1.29, 1.82) is 0 Å². The van der Waals surface area contributed by atoms with Gasteiger partial charge in [0.2, 0.25) is 5.91 Å². The maximum absolute atomic E-state index is 11.8. The first kappa shape index (κ1) is 14.3.